The van der Waals surface area contributed by atoms with E-state index in [4.69, 9.17) is 16.9 Å². The van der Waals surface area contributed by atoms with E-state index in [0.717, 1.165) is 12.1 Å². The fourth-order valence-electron chi connectivity index (χ4n) is 0.967. The molecular formula is C8H4ClN3O3. The first-order chi connectivity index (χ1) is 7.06. The van der Waals surface area contributed by atoms with Gasteiger partial charge in [-0.3, -0.25) is 20.2 Å². The van der Waals surface area contributed by atoms with E-state index in [1.165, 1.54) is 12.3 Å². The largest absolute Gasteiger partial charge is 0.282 e. The molecule has 6 nitrogen and oxygen atoms in total. The second kappa shape index (κ2) is 4.39. The first-order valence-electron chi connectivity index (χ1n) is 3.69. The van der Waals surface area contributed by atoms with Crippen molar-refractivity contribution < 1.29 is 9.72 Å². The summed E-state index contributed by atoms with van der Waals surface area (Å²) in [6.07, 6.45) is 1.39. The lowest BCUT2D eigenvalue weighted by molar-refractivity contribution is -0.385. The number of benzene rings is 1. The molecule has 15 heavy (non-hydrogen) atoms. The number of hydrogen-bond donors (Lipinski definition) is 1. The van der Waals surface area contributed by atoms with Crippen molar-refractivity contribution in [3.63, 3.8) is 0 Å². The second-order valence-electron chi connectivity index (χ2n) is 2.48. The zero-order valence-electron chi connectivity index (χ0n) is 7.23. The second-order valence-corrected chi connectivity index (χ2v) is 2.92. The van der Waals surface area contributed by atoms with Gasteiger partial charge in [0.05, 0.1) is 4.92 Å². The van der Waals surface area contributed by atoms with Gasteiger partial charge >= 0.3 is 0 Å². The summed E-state index contributed by atoms with van der Waals surface area (Å²) < 4.78 is 0. The lowest BCUT2D eigenvalue weighted by Crippen LogP contribution is -2.18. The lowest BCUT2D eigenvalue weighted by Gasteiger charge is -2.00. The van der Waals surface area contributed by atoms with Gasteiger partial charge in [0.1, 0.15) is 5.56 Å². The first kappa shape index (κ1) is 10.9. The number of carbonyl (C=O) groups is 1. The van der Waals surface area contributed by atoms with Crippen LogP contribution < -0.4 is 5.32 Å². The highest BCUT2D eigenvalue weighted by molar-refractivity contribution is 6.31. The minimum atomic E-state index is -0.855. The number of nitriles is 1. The number of carbonyl (C=O) groups excluding carboxylic acids is 1. The van der Waals surface area contributed by atoms with Crippen molar-refractivity contribution >= 4 is 23.2 Å². The Bertz CT molecular complexity index is 467. The van der Waals surface area contributed by atoms with Crippen LogP contribution in [0.1, 0.15) is 10.4 Å². The summed E-state index contributed by atoms with van der Waals surface area (Å²) in [5.74, 6) is -0.855. The summed E-state index contributed by atoms with van der Waals surface area (Å²) in [4.78, 5) is 21.0. The number of amides is 1. The Kier molecular flexibility index (Phi) is 3.21. The topological polar surface area (TPSA) is 96.0 Å². The summed E-state index contributed by atoms with van der Waals surface area (Å²) in [5.41, 5.74) is -0.638. The van der Waals surface area contributed by atoms with Gasteiger partial charge in [0.15, 0.2) is 6.19 Å². The molecule has 0 aliphatic carbocycles. The molecule has 0 unspecified atom stereocenters. The third-order valence-corrected chi connectivity index (χ3v) is 1.80. The van der Waals surface area contributed by atoms with Crippen molar-refractivity contribution in [3.8, 4) is 6.19 Å². The SMILES string of the molecule is N#CNC(=O)c1cc(Cl)ccc1[N+](=O)[O-]. The molecule has 0 heterocycles. The molecule has 0 bridgehead atoms. The van der Waals surface area contributed by atoms with Gasteiger partial charge in [0, 0.05) is 11.1 Å². The van der Waals surface area contributed by atoms with E-state index in [1.807, 2.05) is 0 Å². The average Bonchev–Trinajstić information content (AvgIpc) is 2.17. The number of rotatable bonds is 2. The summed E-state index contributed by atoms with van der Waals surface area (Å²) in [5, 5.41) is 20.7. The normalized spacial score (nSPS) is 9.07. The fourth-order valence-corrected chi connectivity index (χ4v) is 1.14. The van der Waals surface area contributed by atoms with E-state index >= 15 is 0 Å². The van der Waals surface area contributed by atoms with Crippen molar-refractivity contribution in [1.29, 1.82) is 5.26 Å². The van der Waals surface area contributed by atoms with Crippen LogP contribution in [0.4, 0.5) is 5.69 Å². The van der Waals surface area contributed by atoms with Gasteiger partial charge in [-0.25, -0.2) is 0 Å². The predicted octanol–water partition coefficient (Wildman–Crippen LogP) is 1.46. The van der Waals surface area contributed by atoms with Gasteiger partial charge in [-0.15, -0.1) is 0 Å². The highest BCUT2D eigenvalue weighted by atomic mass is 35.5. The molecule has 0 aliphatic heterocycles. The molecule has 0 saturated heterocycles. The van der Waals surface area contributed by atoms with Gasteiger partial charge in [0.25, 0.3) is 11.6 Å². The number of nitro benzene ring substituents is 1. The number of nitrogens with zero attached hydrogens (tertiary/aromatic N) is 2. The molecule has 1 N–H and O–H groups in total. The van der Waals surface area contributed by atoms with Crippen LogP contribution >= 0.6 is 11.6 Å². The van der Waals surface area contributed by atoms with Crippen LogP contribution in [0.5, 0.6) is 0 Å². The summed E-state index contributed by atoms with van der Waals surface area (Å²) in [7, 11) is 0. The molecule has 76 valence electrons. The molecule has 1 aromatic carbocycles. The summed E-state index contributed by atoms with van der Waals surface area (Å²) >= 11 is 5.58. The van der Waals surface area contributed by atoms with Crippen LogP contribution in [0, 0.1) is 21.6 Å². The van der Waals surface area contributed by atoms with Crippen molar-refractivity contribution in [1.82, 2.24) is 5.32 Å². The van der Waals surface area contributed by atoms with Crippen molar-refractivity contribution in [2.24, 2.45) is 0 Å². The Balaban J connectivity index is 3.25. The van der Waals surface area contributed by atoms with Gasteiger partial charge in [-0.2, -0.15) is 5.26 Å². The van der Waals surface area contributed by atoms with Crippen LogP contribution in [-0.2, 0) is 0 Å². The Morgan fingerprint density at radius 3 is 2.80 bits per heavy atom. The van der Waals surface area contributed by atoms with E-state index in [2.05, 4.69) is 0 Å². The Morgan fingerprint density at radius 1 is 1.60 bits per heavy atom. The highest BCUT2D eigenvalue weighted by Gasteiger charge is 2.19. The third kappa shape index (κ3) is 2.42. The molecule has 7 heteroatoms. The molecule has 0 spiro atoms. The predicted molar refractivity (Wildman–Crippen MR) is 51.2 cm³/mol. The van der Waals surface area contributed by atoms with E-state index in [9.17, 15) is 14.9 Å². The van der Waals surface area contributed by atoms with Crippen LogP contribution in [-0.4, -0.2) is 10.8 Å². The fraction of sp³-hybridized carbons (Fsp3) is 0. The minimum absolute atomic E-state index is 0.184. The molecule has 1 aromatic rings. The van der Waals surface area contributed by atoms with Gasteiger partial charge in [0.2, 0.25) is 0 Å². The highest BCUT2D eigenvalue weighted by Crippen LogP contribution is 2.22. The number of hydrogen-bond acceptors (Lipinski definition) is 4. The number of nitro groups is 1. The molecule has 1 amide bonds. The van der Waals surface area contributed by atoms with Crippen molar-refractivity contribution in [3.05, 3.63) is 38.9 Å². The van der Waals surface area contributed by atoms with E-state index in [0.29, 0.717) is 0 Å². The number of halogens is 1. The van der Waals surface area contributed by atoms with Crippen LogP contribution in [0.3, 0.4) is 0 Å². The standard InChI is InChI=1S/C8H4ClN3O3/c9-5-1-2-7(12(14)15)6(3-5)8(13)11-4-10/h1-3H,(H,11,13). The van der Waals surface area contributed by atoms with Crippen LogP contribution in [0.15, 0.2) is 18.2 Å². The molecular weight excluding hydrogens is 222 g/mol. The molecule has 0 radical (unpaired) electrons. The van der Waals surface area contributed by atoms with E-state index < -0.39 is 16.5 Å². The maximum Gasteiger partial charge on any atom is 0.282 e. The Hall–Kier alpha value is -2.13. The van der Waals surface area contributed by atoms with Crippen LogP contribution in [0.25, 0.3) is 0 Å². The van der Waals surface area contributed by atoms with Gasteiger partial charge in [-0.05, 0) is 12.1 Å². The quantitative estimate of drug-likeness (QED) is 0.357. The maximum atomic E-state index is 11.2. The van der Waals surface area contributed by atoms with E-state index in [1.54, 1.807) is 5.32 Å². The lowest BCUT2D eigenvalue weighted by atomic mass is 10.1. The monoisotopic (exact) mass is 225 g/mol. The summed E-state index contributed by atoms with van der Waals surface area (Å²) in [6, 6.07) is 3.53. The molecule has 1 rings (SSSR count). The molecule has 0 saturated carbocycles. The smallest absolute Gasteiger partial charge is 0.268 e. The van der Waals surface area contributed by atoms with E-state index in [-0.39, 0.29) is 10.6 Å². The van der Waals surface area contributed by atoms with Crippen molar-refractivity contribution in [2.75, 3.05) is 0 Å². The maximum absolute atomic E-state index is 11.2. The van der Waals surface area contributed by atoms with Crippen molar-refractivity contribution in [2.45, 2.75) is 0 Å². The number of nitrogens with one attached hydrogen (secondary N) is 1. The summed E-state index contributed by atoms with van der Waals surface area (Å²) in [6.45, 7) is 0. The van der Waals surface area contributed by atoms with Crippen LogP contribution in [0.2, 0.25) is 5.02 Å². The van der Waals surface area contributed by atoms with Gasteiger partial charge in [-0.1, -0.05) is 11.6 Å². The molecule has 0 aliphatic rings. The Morgan fingerprint density at radius 2 is 2.27 bits per heavy atom. The zero-order valence-corrected chi connectivity index (χ0v) is 7.99. The molecule has 0 fully saturated rings. The van der Waals surface area contributed by atoms with Gasteiger partial charge < -0.3 is 0 Å². The molecule has 0 aromatic heterocycles. The zero-order chi connectivity index (χ0) is 11.4. The minimum Gasteiger partial charge on any atom is -0.268 e. The third-order valence-electron chi connectivity index (χ3n) is 1.57. The molecule has 0 atom stereocenters. The Labute approximate surface area is 89.2 Å². The first-order valence-corrected chi connectivity index (χ1v) is 4.07. The average molecular weight is 226 g/mol.